The Morgan fingerprint density at radius 2 is 2.06 bits per heavy atom. The molecule has 0 radical (unpaired) electrons. The van der Waals surface area contributed by atoms with E-state index in [1.807, 2.05) is 13.8 Å². The lowest BCUT2D eigenvalue weighted by Gasteiger charge is -2.16. The van der Waals surface area contributed by atoms with Crippen molar-refractivity contribution in [1.29, 1.82) is 0 Å². The van der Waals surface area contributed by atoms with Crippen molar-refractivity contribution in [3.05, 3.63) is 15.8 Å². The van der Waals surface area contributed by atoms with Gasteiger partial charge in [-0.1, -0.05) is 0 Å². The summed E-state index contributed by atoms with van der Waals surface area (Å²) >= 11 is 0. The molecule has 1 aromatic rings. The lowest BCUT2D eigenvalue weighted by Crippen LogP contribution is -2.23. The van der Waals surface area contributed by atoms with Crippen LogP contribution in [0.25, 0.3) is 0 Å². The molecule has 1 rings (SSSR count). The van der Waals surface area contributed by atoms with Crippen LogP contribution >= 0.6 is 0 Å². The maximum Gasteiger partial charge on any atom is 0.335 e. The van der Waals surface area contributed by atoms with E-state index >= 15 is 0 Å². The Bertz CT molecular complexity index is 397. The van der Waals surface area contributed by atoms with Crippen molar-refractivity contribution in [2.24, 2.45) is 0 Å². The average molecular weight is 227 g/mol. The summed E-state index contributed by atoms with van der Waals surface area (Å²) in [7, 11) is 3.55. The molecule has 0 atom stereocenters. The minimum atomic E-state index is -0.410. The minimum absolute atomic E-state index is 0.0300. The van der Waals surface area contributed by atoms with Gasteiger partial charge in [-0.3, -0.25) is 15.5 Å². The maximum atomic E-state index is 11.0. The van der Waals surface area contributed by atoms with Crippen LogP contribution in [0.1, 0.15) is 25.6 Å². The molecule has 0 aromatic carbocycles. The second-order valence-corrected chi connectivity index (χ2v) is 4.08. The molecule has 0 aliphatic carbocycles. The Balaban J connectivity index is 3.31. The molecule has 7 nitrogen and oxygen atoms in total. The molecule has 0 spiro atoms. The average Bonchev–Trinajstić information content (AvgIpc) is 2.41. The van der Waals surface area contributed by atoms with Gasteiger partial charge in [-0.25, -0.2) is 9.69 Å². The summed E-state index contributed by atoms with van der Waals surface area (Å²) in [6.07, 6.45) is 0. The molecule has 0 aliphatic rings. The number of aromatic nitrogens is 2. The van der Waals surface area contributed by atoms with E-state index in [0.29, 0.717) is 11.5 Å². The summed E-state index contributed by atoms with van der Waals surface area (Å²) in [5, 5.41) is 16.8. The molecular weight excluding hydrogens is 210 g/mol. The predicted octanol–water partition coefficient (Wildman–Crippen LogP) is 1.57. The van der Waals surface area contributed by atoms with Crippen molar-refractivity contribution < 1.29 is 4.92 Å². The molecule has 1 aromatic heterocycles. The molecule has 1 heterocycles. The van der Waals surface area contributed by atoms with E-state index in [1.165, 1.54) is 0 Å². The monoisotopic (exact) mass is 227 g/mol. The van der Waals surface area contributed by atoms with Crippen LogP contribution in [0.15, 0.2) is 0 Å². The summed E-state index contributed by atoms with van der Waals surface area (Å²) in [5.41, 5.74) is 3.37. The molecule has 0 amide bonds. The summed E-state index contributed by atoms with van der Waals surface area (Å²) in [5.74, 6) is 0.419. The van der Waals surface area contributed by atoms with Gasteiger partial charge in [0.2, 0.25) is 5.82 Å². The summed E-state index contributed by atoms with van der Waals surface area (Å²) in [4.78, 5) is 10.5. The molecule has 0 saturated carbocycles. The van der Waals surface area contributed by atoms with E-state index < -0.39 is 4.92 Å². The van der Waals surface area contributed by atoms with Crippen LogP contribution in [-0.4, -0.2) is 33.8 Å². The second-order valence-electron chi connectivity index (χ2n) is 4.08. The SMILES string of the molecule is Cc1nn(C(C)C)c(NN(C)C)c1[N+](=O)[O-]. The van der Waals surface area contributed by atoms with Crippen LogP contribution in [0.5, 0.6) is 0 Å². The third kappa shape index (κ3) is 2.30. The number of nitrogens with one attached hydrogen (secondary N) is 1. The van der Waals surface area contributed by atoms with E-state index in [2.05, 4.69) is 10.5 Å². The maximum absolute atomic E-state index is 11.0. The van der Waals surface area contributed by atoms with Crippen LogP contribution in [-0.2, 0) is 0 Å². The molecule has 0 aliphatic heterocycles. The second kappa shape index (κ2) is 4.48. The van der Waals surface area contributed by atoms with Crippen molar-refractivity contribution >= 4 is 11.5 Å². The number of aryl methyl sites for hydroxylation is 1. The molecule has 0 fully saturated rings. The van der Waals surface area contributed by atoms with Gasteiger partial charge in [-0.2, -0.15) is 5.10 Å². The van der Waals surface area contributed by atoms with Gasteiger partial charge in [-0.05, 0) is 20.8 Å². The van der Waals surface area contributed by atoms with Gasteiger partial charge < -0.3 is 0 Å². The Hall–Kier alpha value is -1.63. The topological polar surface area (TPSA) is 76.2 Å². The zero-order valence-corrected chi connectivity index (χ0v) is 10.2. The zero-order chi connectivity index (χ0) is 12.5. The van der Waals surface area contributed by atoms with E-state index in [0.717, 1.165) is 0 Å². The van der Waals surface area contributed by atoms with Crippen molar-refractivity contribution in [2.75, 3.05) is 19.5 Å². The number of nitrogens with zero attached hydrogens (tertiary/aromatic N) is 4. The molecule has 0 saturated heterocycles. The lowest BCUT2D eigenvalue weighted by atomic mass is 10.3. The highest BCUT2D eigenvalue weighted by Crippen LogP contribution is 2.30. The van der Waals surface area contributed by atoms with Crippen LogP contribution in [0.3, 0.4) is 0 Å². The fraction of sp³-hybridized carbons (Fsp3) is 0.667. The number of hydrogen-bond acceptors (Lipinski definition) is 5. The van der Waals surface area contributed by atoms with Crippen molar-refractivity contribution in [3.8, 4) is 0 Å². The van der Waals surface area contributed by atoms with Gasteiger partial charge in [0.15, 0.2) is 0 Å². The third-order valence-electron chi connectivity index (χ3n) is 2.06. The van der Waals surface area contributed by atoms with Gasteiger partial charge in [0.25, 0.3) is 0 Å². The minimum Gasteiger partial charge on any atom is -0.298 e. The molecular formula is C9H17N5O2. The van der Waals surface area contributed by atoms with Gasteiger partial charge in [0.1, 0.15) is 5.69 Å². The van der Waals surface area contributed by atoms with Crippen LogP contribution < -0.4 is 5.43 Å². The lowest BCUT2D eigenvalue weighted by molar-refractivity contribution is -0.384. The molecule has 90 valence electrons. The normalized spacial score (nSPS) is 11.2. The third-order valence-corrected chi connectivity index (χ3v) is 2.06. The van der Waals surface area contributed by atoms with Gasteiger partial charge in [0.05, 0.1) is 4.92 Å². The fourth-order valence-electron chi connectivity index (χ4n) is 1.45. The molecule has 7 heteroatoms. The van der Waals surface area contributed by atoms with E-state index in [-0.39, 0.29) is 11.7 Å². The quantitative estimate of drug-likeness (QED) is 0.624. The van der Waals surface area contributed by atoms with Crippen molar-refractivity contribution in [1.82, 2.24) is 14.8 Å². The number of nitro groups is 1. The number of hydrogen-bond donors (Lipinski definition) is 1. The highest BCUT2D eigenvalue weighted by Gasteiger charge is 2.26. The zero-order valence-electron chi connectivity index (χ0n) is 10.2. The van der Waals surface area contributed by atoms with Crippen molar-refractivity contribution in [2.45, 2.75) is 26.8 Å². The van der Waals surface area contributed by atoms with Gasteiger partial charge in [0, 0.05) is 20.1 Å². The number of rotatable bonds is 4. The first kappa shape index (κ1) is 12.4. The van der Waals surface area contributed by atoms with Crippen LogP contribution in [0.4, 0.5) is 11.5 Å². The van der Waals surface area contributed by atoms with E-state index in [9.17, 15) is 10.1 Å². The first-order valence-corrected chi connectivity index (χ1v) is 5.02. The first-order valence-electron chi connectivity index (χ1n) is 5.02. The standard InChI is InChI=1S/C9H17N5O2/c1-6(2)13-9(11-12(4)5)8(14(15)16)7(3)10-13/h6,11H,1-5H3. The summed E-state index contributed by atoms with van der Waals surface area (Å²) < 4.78 is 1.62. The highest BCUT2D eigenvalue weighted by molar-refractivity contribution is 5.59. The Kier molecular flexibility index (Phi) is 3.48. The van der Waals surface area contributed by atoms with Crippen LogP contribution in [0, 0.1) is 17.0 Å². The van der Waals surface area contributed by atoms with E-state index in [4.69, 9.17) is 0 Å². The Labute approximate surface area is 94.2 Å². The largest absolute Gasteiger partial charge is 0.335 e. The predicted molar refractivity (Wildman–Crippen MR) is 61.3 cm³/mol. The number of anilines is 1. The van der Waals surface area contributed by atoms with E-state index in [1.54, 1.807) is 30.7 Å². The highest BCUT2D eigenvalue weighted by atomic mass is 16.6. The first-order chi connectivity index (χ1) is 7.34. The van der Waals surface area contributed by atoms with Gasteiger partial charge in [-0.15, -0.1) is 0 Å². The fourth-order valence-corrected chi connectivity index (χ4v) is 1.45. The smallest absolute Gasteiger partial charge is 0.298 e. The van der Waals surface area contributed by atoms with Crippen molar-refractivity contribution in [3.63, 3.8) is 0 Å². The number of hydrazine groups is 1. The molecule has 16 heavy (non-hydrogen) atoms. The summed E-state index contributed by atoms with van der Waals surface area (Å²) in [6, 6.07) is 0.0647. The molecule has 1 N–H and O–H groups in total. The van der Waals surface area contributed by atoms with Crippen LogP contribution in [0.2, 0.25) is 0 Å². The van der Waals surface area contributed by atoms with Gasteiger partial charge >= 0.3 is 5.69 Å². The molecule has 0 bridgehead atoms. The Morgan fingerprint density at radius 1 is 1.50 bits per heavy atom. The molecule has 0 unspecified atom stereocenters. The Morgan fingerprint density at radius 3 is 2.44 bits per heavy atom. The summed E-state index contributed by atoms with van der Waals surface area (Å²) in [6.45, 7) is 5.49.